The van der Waals surface area contributed by atoms with Crippen LogP contribution in [0.1, 0.15) is 26.3 Å². The average molecular weight is 337 g/mol. The monoisotopic (exact) mass is 336 g/mol. The summed E-state index contributed by atoms with van der Waals surface area (Å²) in [7, 11) is 1.60. The summed E-state index contributed by atoms with van der Waals surface area (Å²) in [4.78, 5) is 5.89. The number of benzene rings is 1. The molecule has 0 amide bonds. The summed E-state index contributed by atoms with van der Waals surface area (Å²) in [5.41, 5.74) is 1.72. The summed E-state index contributed by atoms with van der Waals surface area (Å²) in [6.07, 6.45) is 0. The molecule has 0 saturated heterocycles. The molecule has 0 aliphatic heterocycles. The van der Waals surface area contributed by atoms with E-state index in [1.54, 1.807) is 19.2 Å². The van der Waals surface area contributed by atoms with E-state index in [0.29, 0.717) is 12.2 Å². The molecule has 0 unspecified atom stereocenters. The minimum atomic E-state index is -0.570. The van der Waals surface area contributed by atoms with Crippen molar-refractivity contribution in [1.29, 1.82) is 0 Å². The van der Waals surface area contributed by atoms with Crippen LogP contribution < -0.4 is 0 Å². The molecule has 0 N–H and O–H groups in total. The molecule has 0 aromatic heterocycles. The Hall–Kier alpha value is -1.83. The second-order valence-electron chi connectivity index (χ2n) is 5.50. The maximum absolute atomic E-state index is 13.0. The van der Waals surface area contributed by atoms with Crippen LogP contribution in [0.5, 0.6) is 0 Å². The molecule has 124 valence electrons. The lowest BCUT2D eigenvalue weighted by Crippen LogP contribution is -2.21. The molecule has 1 aromatic rings. The van der Waals surface area contributed by atoms with Crippen molar-refractivity contribution in [2.45, 2.75) is 32.9 Å². The predicted octanol–water partition coefficient (Wildman–Crippen LogP) is 4.18. The largest absolute Gasteiger partial charge is 0.366 e. The molecule has 0 aliphatic carbocycles. The van der Waals surface area contributed by atoms with Gasteiger partial charge in [0.1, 0.15) is 17.1 Å². The number of hydrogen-bond donors (Lipinski definition) is 0. The van der Waals surface area contributed by atoms with Crippen molar-refractivity contribution in [3.8, 4) is 11.8 Å². The molecule has 1 rings (SSSR count). The highest BCUT2D eigenvalue weighted by Gasteiger charge is 2.13. The summed E-state index contributed by atoms with van der Waals surface area (Å²) in [5, 5.41) is 0. The van der Waals surface area contributed by atoms with E-state index >= 15 is 0 Å². The van der Waals surface area contributed by atoms with Crippen LogP contribution in [0.25, 0.3) is 0 Å². The summed E-state index contributed by atoms with van der Waals surface area (Å²) >= 11 is 6.04. The molecule has 0 fully saturated rings. The normalized spacial score (nSPS) is 12.1. The smallest absolute Gasteiger partial charge is 0.131 e. The van der Waals surface area contributed by atoms with Gasteiger partial charge < -0.3 is 9.64 Å². The van der Waals surface area contributed by atoms with Crippen molar-refractivity contribution >= 4 is 18.3 Å². The second kappa shape index (κ2) is 8.71. The third kappa shape index (κ3) is 6.05. The first-order valence-corrected chi connectivity index (χ1v) is 7.67. The Morgan fingerprint density at radius 2 is 2.00 bits per heavy atom. The van der Waals surface area contributed by atoms with Crippen LogP contribution in [0.4, 0.5) is 4.39 Å². The quantitative estimate of drug-likeness (QED) is 0.337. The maximum atomic E-state index is 13.0. The number of aliphatic imine (C=N–C) groups is 1. The predicted molar refractivity (Wildman–Crippen MR) is 93.8 cm³/mol. The van der Waals surface area contributed by atoms with Crippen LogP contribution in [0.2, 0.25) is 0 Å². The first kappa shape index (κ1) is 19.2. The lowest BCUT2D eigenvalue weighted by Gasteiger charge is -2.23. The topological polar surface area (TPSA) is 24.8 Å². The highest BCUT2D eigenvalue weighted by molar-refractivity contribution is 6.17. The van der Waals surface area contributed by atoms with Gasteiger partial charge in [-0.25, -0.2) is 4.39 Å². The van der Waals surface area contributed by atoms with Gasteiger partial charge in [0.2, 0.25) is 0 Å². The highest BCUT2D eigenvalue weighted by Crippen LogP contribution is 2.17. The number of alkyl halides is 1. The van der Waals surface area contributed by atoms with E-state index in [4.69, 9.17) is 16.3 Å². The lowest BCUT2D eigenvalue weighted by atomic mass is 10.1. The molecule has 0 aliphatic rings. The van der Waals surface area contributed by atoms with E-state index in [2.05, 4.69) is 23.6 Å². The van der Waals surface area contributed by atoms with Crippen LogP contribution in [0.15, 0.2) is 40.7 Å². The van der Waals surface area contributed by atoms with Crippen LogP contribution in [-0.4, -0.2) is 30.3 Å². The SMILES string of the molecule is C=N/C(C#CC(C)(C)OC)=C(/C)N(CCl)Cc1ccc(F)cc1. The number of ether oxygens (including phenoxy) is 1. The highest BCUT2D eigenvalue weighted by atomic mass is 35.5. The molecule has 0 bridgehead atoms. The fourth-order valence-corrected chi connectivity index (χ4v) is 1.98. The molecule has 0 saturated carbocycles. The van der Waals surface area contributed by atoms with Crippen molar-refractivity contribution in [2.75, 3.05) is 13.1 Å². The van der Waals surface area contributed by atoms with Gasteiger partial charge in [-0.1, -0.05) is 18.1 Å². The maximum Gasteiger partial charge on any atom is 0.131 e. The molecule has 0 heterocycles. The van der Waals surface area contributed by atoms with Gasteiger partial charge in [0, 0.05) is 19.4 Å². The summed E-state index contributed by atoms with van der Waals surface area (Å²) < 4.78 is 18.3. The minimum Gasteiger partial charge on any atom is -0.366 e. The number of halogens is 2. The van der Waals surface area contributed by atoms with Crippen LogP contribution >= 0.6 is 11.6 Å². The molecule has 0 radical (unpaired) electrons. The Balaban J connectivity index is 3.05. The molecule has 23 heavy (non-hydrogen) atoms. The fourth-order valence-electron chi connectivity index (χ4n) is 1.72. The second-order valence-corrected chi connectivity index (χ2v) is 5.74. The fraction of sp³-hybridized carbons (Fsp3) is 0.389. The van der Waals surface area contributed by atoms with Gasteiger partial charge in [0.05, 0.1) is 6.00 Å². The van der Waals surface area contributed by atoms with Gasteiger partial charge in [-0.05, 0) is 51.1 Å². The van der Waals surface area contributed by atoms with Gasteiger partial charge in [-0.15, -0.1) is 11.6 Å². The standard InChI is InChI=1S/C18H22ClFN2O/c1-14(17(21-4)10-11-18(2,3)23-5)22(13-19)12-15-6-8-16(20)9-7-15/h6-9H,4,12-13H2,1-3,5H3/b17-14-. The van der Waals surface area contributed by atoms with Crippen molar-refractivity contribution in [3.63, 3.8) is 0 Å². The van der Waals surface area contributed by atoms with Gasteiger partial charge >= 0.3 is 0 Å². The zero-order valence-electron chi connectivity index (χ0n) is 14.0. The zero-order chi connectivity index (χ0) is 17.5. The van der Waals surface area contributed by atoms with E-state index in [0.717, 1.165) is 11.3 Å². The Labute approximate surface area is 142 Å². The molecule has 0 spiro atoms. The van der Waals surface area contributed by atoms with Crippen molar-refractivity contribution < 1.29 is 9.13 Å². The molecule has 3 nitrogen and oxygen atoms in total. The number of methoxy groups -OCH3 is 1. The van der Waals surface area contributed by atoms with E-state index in [-0.39, 0.29) is 11.8 Å². The summed E-state index contributed by atoms with van der Waals surface area (Å²) in [6, 6.07) is 6.56. The van der Waals surface area contributed by atoms with E-state index in [9.17, 15) is 4.39 Å². The Morgan fingerprint density at radius 1 is 1.39 bits per heavy atom. The molecular weight excluding hydrogens is 315 g/mol. The first-order valence-electron chi connectivity index (χ1n) is 7.14. The molecular formula is C18H22ClFN2O. The van der Waals surface area contributed by atoms with Gasteiger partial charge in [0.25, 0.3) is 0 Å². The van der Waals surface area contributed by atoms with Crippen LogP contribution in [-0.2, 0) is 11.3 Å². The molecule has 1 aromatic carbocycles. The summed E-state index contributed by atoms with van der Waals surface area (Å²) in [5.74, 6) is 5.73. The van der Waals surface area contributed by atoms with Crippen molar-refractivity contribution in [2.24, 2.45) is 4.99 Å². The molecule has 5 heteroatoms. The number of rotatable bonds is 6. The van der Waals surface area contributed by atoms with Gasteiger partial charge in [-0.3, -0.25) is 4.99 Å². The Kier molecular flexibility index (Phi) is 7.28. The van der Waals surface area contributed by atoms with Crippen LogP contribution in [0.3, 0.4) is 0 Å². The lowest BCUT2D eigenvalue weighted by molar-refractivity contribution is 0.0741. The van der Waals surface area contributed by atoms with Crippen LogP contribution in [0, 0.1) is 17.7 Å². The first-order chi connectivity index (χ1) is 10.8. The molecule has 0 atom stereocenters. The van der Waals surface area contributed by atoms with Crippen molar-refractivity contribution in [1.82, 2.24) is 4.90 Å². The average Bonchev–Trinajstić information content (AvgIpc) is 2.54. The Bertz CT molecular complexity index is 627. The van der Waals surface area contributed by atoms with E-state index in [1.165, 1.54) is 12.1 Å². The third-order valence-electron chi connectivity index (χ3n) is 3.40. The number of hydrogen-bond acceptors (Lipinski definition) is 3. The third-order valence-corrected chi connectivity index (χ3v) is 3.69. The van der Waals surface area contributed by atoms with E-state index in [1.807, 2.05) is 25.7 Å². The van der Waals surface area contributed by atoms with E-state index < -0.39 is 5.60 Å². The van der Waals surface area contributed by atoms with Gasteiger partial charge in [-0.2, -0.15) is 0 Å². The van der Waals surface area contributed by atoms with Gasteiger partial charge in [0.15, 0.2) is 0 Å². The zero-order valence-corrected chi connectivity index (χ0v) is 14.7. The van der Waals surface area contributed by atoms with Crippen molar-refractivity contribution in [3.05, 3.63) is 47.0 Å². The number of nitrogens with zero attached hydrogens (tertiary/aromatic N) is 2. The summed E-state index contributed by atoms with van der Waals surface area (Å²) in [6.45, 7) is 9.72. The minimum absolute atomic E-state index is 0.261. The Morgan fingerprint density at radius 3 is 2.48 bits per heavy atom. The number of allylic oxidation sites excluding steroid dienone is 2.